The summed E-state index contributed by atoms with van der Waals surface area (Å²) in [5.41, 5.74) is 6.05. The largest absolute Gasteiger partial charge is 0.353 e. The summed E-state index contributed by atoms with van der Waals surface area (Å²) in [4.78, 5) is 18.4. The van der Waals surface area contributed by atoms with Gasteiger partial charge in [-0.1, -0.05) is 24.3 Å². The summed E-state index contributed by atoms with van der Waals surface area (Å²) in [6.45, 7) is 4.80. The smallest absolute Gasteiger partial charge is 0.241 e. The van der Waals surface area contributed by atoms with Crippen LogP contribution in [0.5, 0.6) is 0 Å². The van der Waals surface area contributed by atoms with Crippen molar-refractivity contribution in [1.82, 2.24) is 25.3 Å². The lowest BCUT2D eigenvalue weighted by atomic mass is 9.88. The maximum atomic E-state index is 12.1. The van der Waals surface area contributed by atoms with Crippen molar-refractivity contribution >= 4 is 11.9 Å². The second kappa shape index (κ2) is 9.11. The lowest BCUT2D eigenvalue weighted by molar-refractivity contribution is -0.127. The zero-order valence-corrected chi connectivity index (χ0v) is 18.1. The molecule has 1 aliphatic rings. The highest BCUT2D eigenvalue weighted by Gasteiger charge is 2.20. The minimum Gasteiger partial charge on any atom is -0.353 e. The number of aryl methyl sites for hydroxylation is 3. The lowest BCUT2D eigenvalue weighted by Crippen LogP contribution is -2.48. The fraction of sp³-hybridized carbons (Fsp3) is 0.500. The van der Waals surface area contributed by atoms with Crippen molar-refractivity contribution < 1.29 is 4.79 Å². The average molecular weight is 397 g/mol. The highest BCUT2D eigenvalue weighted by Crippen LogP contribution is 2.21. The Labute approximate surface area is 173 Å². The minimum atomic E-state index is 0.0160. The van der Waals surface area contributed by atoms with Crippen LogP contribution < -0.4 is 10.6 Å². The molecule has 1 aromatic carbocycles. The van der Waals surface area contributed by atoms with Gasteiger partial charge in [0.05, 0.1) is 18.8 Å². The third kappa shape index (κ3) is 5.16. The number of nitrogens with one attached hydrogen (secondary N) is 2. The summed E-state index contributed by atoms with van der Waals surface area (Å²) in [5.74, 6) is 0.689. The molecule has 0 radical (unpaired) electrons. The molecule has 0 saturated heterocycles. The van der Waals surface area contributed by atoms with Gasteiger partial charge in [-0.2, -0.15) is 5.10 Å². The zero-order valence-electron chi connectivity index (χ0n) is 18.1. The average Bonchev–Trinajstić information content (AvgIpc) is 2.94. The number of fused-ring (bicyclic) bond motifs is 1. The molecule has 2 N–H and O–H groups in total. The van der Waals surface area contributed by atoms with Crippen molar-refractivity contribution in [2.75, 3.05) is 20.6 Å². The molecular weight excluding hydrogens is 364 g/mol. The van der Waals surface area contributed by atoms with Crippen molar-refractivity contribution in [1.29, 1.82) is 0 Å². The highest BCUT2D eigenvalue weighted by atomic mass is 16.2. The van der Waals surface area contributed by atoms with Gasteiger partial charge in [-0.05, 0) is 44.2 Å². The maximum Gasteiger partial charge on any atom is 0.241 e. The molecule has 1 amide bonds. The molecule has 1 atom stereocenters. The topological polar surface area (TPSA) is 74.5 Å². The predicted octanol–water partition coefficient (Wildman–Crippen LogP) is 1.72. The molecule has 7 heteroatoms. The number of carbonyl (C=O) groups is 1. The van der Waals surface area contributed by atoms with Gasteiger partial charge in [0.1, 0.15) is 0 Å². The van der Waals surface area contributed by atoms with Gasteiger partial charge in [-0.3, -0.25) is 9.48 Å². The van der Waals surface area contributed by atoms with E-state index in [1.807, 2.05) is 18.7 Å². The molecule has 0 bridgehead atoms. The van der Waals surface area contributed by atoms with E-state index in [1.165, 1.54) is 11.1 Å². The number of aromatic nitrogens is 2. The normalized spacial score (nSPS) is 16.3. The molecule has 1 heterocycles. The molecule has 156 valence electrons. The summed E-state index contributed by atoms with van der Waals surface area (Å²) in [6, 6.07) is 8.90. The molecule has 1 unspecified atom stereocenters. The first kappa shape index (κ1) is 20.9. The Balaban J connectivity index is 1.73. The van der Waals surface area contributed by atoms with Crippen LogP contribution in [0.2, 0.25) is 0 Å². The first-order valence-corrected chi connectivity index (χ1v) is 10.2. The molecule has 2 aromatic rings. The summed E-state index contributed by atoms with van der Waals surface area (Å²) in [6.07, 6.45) is 3.06. The molecule has 0 fully saturated rings. The summed E-state index contributed by atoms with van der Waals surface area (Å²) < 4.78 is 1.88. The fourth-order valence-corrected chi connectivity index (χ4v) is 3.69. The van der Waals surface area contributed by atoms with Gasteiger partial charge in [0.25, 0.3) is 0 Å². The number of benzene rings is 1. The fourth-order valence-electron chi connectivity index (χ4n) is 3.69. The van der Waals surface area contributed by atoms with Crippen LogP contribution >= 0.6 is 0 Å². The lowest BCUT2D eigenvalue weighted by Gasteiger charge is -2.27. The molecule has 0 aliphatic heterocycles. The number of likely N-dealkylation sites (N-methyl/N-ethyl adjacent to an activating group) is 1. The number of aliphatic imine (C=N–C) groups is 1. The van der Waals surface area contributed by atoms with Gasteiger partial charge in [0, 0.05) is 38.4 Å². The van der Waals surface area contributed by atoms with E-state index in [0.29, 0.717) is 18.5 Å². The van der Waals surface area contributed by atoms with Gasteiger partial charge in [-0.15, -0.1) is 0 Å². The summed E-state index contributed by atoms with van der Waals surface area (Å²) in [7, 11) is 5.46. The number of nitrogens with zero attached hydrogens (tertiary/aromatic N) is 4. The van der Waals surface area contributed by atoms with E-state index in [1.54, 1.807) is 19.0 Å². The first-order chi connectivity index (χ1) is 13.8. The van der Waals surface area contributed by atoms with E-state index < -0.39 is 0 Å². The van der Waals surface area contributed by atoms with Crippen molar-refractivity contribution in [3.05, 3.63) is 52.3 Å². The predicted molar refractivity (Wildman–Crippen MR) is 116 cm³/mol. The number of carbonyl (C=O) groups excluding carboxylic acids is 1. The summed E-state index contributed by atoms with van der Waals surface area (Å²) in [5, 5.41) is 11.2. The standard InChI is InChI=1S/C22H32N6O/c1-15-20(16(2)28(5)26-15)13-23-22(24-14-21(29)27(3)4)25-19-11-10-17-8-6-7-9-18(17)12-19/h6-9,19H,10-14H2,1-5H3,(H2,23,24,25). The Hall–Kier alpha value is -2.83. The van der Waals surface area contributed by atoms with Gasteiger partial charge < -0.3 is 15.5 Å². The van der Waals surface area contributed by atoms with E-state index >= 15 is 0 Å². The monoisotopic (exact) mass is 396 g/mol. The molecule has 0 saturated carbocycles. The molecule has 3 rings (SSSR count). The van der Waals surface area contributed by atoms with E-state index in [0.717, 1.165) is 36.2 Å². The second-order valence-electron chi connectivity index (χ2n) is 7.93. The number of rotatable bonds is 5. The first-order valence-electron chi connectivity index (χ1n) is 10.2. The van der Waals surface area contributed by atoms with E-state index in [2.05, 4.69) is 46.9 Å². The maximum absolute atomic E-state index is 12.1. The van der Waals surface area contributed by atoms with Gasteiger partial charge >= 0.3 is 0 Å². The van der Waals surface area contributed by atoms with Crippen LogP contribution in [0, 0.1) is 13.8 Å². The van der Waals surface area contributed by atoms with Crippen LogP contribution in [0.25, 0.3) is 0 Å². The van der Waals surface area contributed by atoms with Crippen LogP contribution in [0.3, 0.4) is 0 Å². The third-order valence-electron chi connectivity index (χ3n) is 5.65. The van der Waals surface area contributed by atoms with Gasteiger partial charge in [0.2, 0.25) is 5.91 Å². The molecular formula is C22H32N6O. The van der Waals surface area contributed by atoms with Crippen molar-refractivity contribution in [2.45, 2.75) is 45.7 Å². The number of hydrogen-bond acceptors (Lipinski definition) is 3. The number of amides is 1. The Bertz CT molecular complexity index is 899. The van der Waals surface area contributed by atoms with E-state index in [9.17, 15) is 4.79 Å². The highest BCUT2D eigenvalue weighted by molar-refractivity contribution is 5.86. The number of guanidine groups is 1. The van der Waals surface area contributed by atoms with Crippen LogP contribution in [0.4, 0.5) is 0 Å². The Morgan fingerprint density at radius 3 is 2.66 bits per heavy atom. The van der Waals surface area contributed by atoms with Gasteiger partial charge in [0.15, 0.2) is 5.96 Å². The van der Waals surface area contributed by atoms with Crippen LogP contribution in [0.15, 0.2) is 29.3 Å². The second-order valence-corrected chi connectivity index (χ2v) is 7.93. The SMILES string of the molecule is Cc1nn(C)c(C)c1CN=C(NCC(=O)N(C)C)NC1CCc2ccccc2C1. The zero-order chi connectivity index (χ0) is 21.0. The van der Waals surface area contributed by atoms with Crippen LogP contribution in [0.1, 0.15) is 34.5 Å². The molecule has 1 aromatic heterocycles. The summed E-state index contributed by atoms with van der Waals surface area (Å²) >= 11 is 0. The quantitative estimate of drug-likeness (QED) is 0.596. The molecule has 7 nitrogen and oxygen atoms in total. The molecule has 0 spiro atoms. The molecule has 29 heavy (non-hydrogen) atoms. The third-order valence-corrected chi connectivity index (χ3v) is 5.65. The van der Waals surface area contributed by atoms with Crippen molar-refractivity contribution in [2.24, 2.45) is 12.0 Å². The van der Waals surface area contributed by atoms with Crippen molar-refractivity contribution in [3.63, 3.8) is 0 Å². The van der Waals surface area contributed by atoms with Crippen LogP contribution in [-0.2, 0) is 31.2 Å². The van der Waals surface area contributed by atoms with E-state index in [-0.39, 0.29) is 12.5 Å². The van der Waals surface area contributed by atoms with Crippen LogP contribution in [-0.4, -0.2) is 53.2 Å². The Morgan fingerprint density at radius 2 is 2.00 bits per heavy atom. The van der Waals surface area contributed by atoms with Gasteiger partial charge in [-0.25, -0.2) is 4.99 Å². The molecule has 1 aliphatic carbocycles. The van der Waals surface area contributed by atoms with Crippen molar-refractivity contribution in [3.8, 4) is 0 Å². The Morgan fingerprint density at radius 1 is 1.28 bits per heavy atom. The Kier molecular flexibility index (Phi) is 6.56. The van der Waals surface area contributed by atoms with E-state index in [4.69, 9.17) is 4.99 Å². The minimum absolute atomic E-state index is 0.0160. The number of hydrogen-bond donors (Lipinski definition) is 2.